The van der Waals surface area contributed by atoms with E-state index in [1.807, 2.05) is 0 Å². The van der Waals surface area contributed by atoms with E-state index < -0.39 is 0 Å². The van der Waals surface area contributed by atoms with Crippen molar-refractivity contribution in [3.63, 3.8) is 0 Å². The van der Waals surface area contributed by atoms with E-state index >= 15 is 0 Å². The van der Waals surface area contributed by atoms with Gasteiger partial charge in [-0.05, 0) is 18.6 Å². The minimum atomic E-state index is 0.481. The lowest BCUT2D eigenvalue weighted by molar-refractivity contribution is 0.198. The van der Waals surface area contributed by atoms with Gasteiger partial charge in [-0.1, -0.05) is 23.2 Å². The zero-order chi connectivity index (χ0) is 13.0. The Bertz CT molecular complexity index is 548. The van der Waals surface area contributed by atoms with Gasteiger partial charge in [-0.15, -0.1) is 0 Å². The predicted molar refractivity (Wildman–Crippen MR) is 74.5 cm³/mol. The maximum absolute atomic E-state index is 5.95. The first-order valence-electron chi connectivity index (χ1n) is 5.55. The Labute approximate surface area is 115 Å². The van der Waals surface area contributed by atoms with Crippen molar-refractivity contribution >= 4 is 40.1 Å². The number of nitrogens with zero attached hydrogens (tertiary/aromatic N) is 2. The number of nitrogens with one attached hydrogen (secondary N) is 1. The molecule has 0 radical (unpaired) electrons. The smallest absolute Gasteiger partial charge is 0.145 e. The van der Waals surface area contributed by atoms with Crippen molar-refractivity contribution in [2.24, 2.45) is 0 Å². The van der Waals surface area contributed by atoms with Gasteiger partial charge in [0.05, 0.1) is 27.3 Å². The van der Waals surface area contributed by atoms with Gasteiger partial charge in [0, 0.05) is 20.3 Å². The van der Waals surface area contributed by atoms with Gasteiger partial charge >= 0.3 is 0 Å². The number of aromatic nitrogens is 2. The Balaban J connectivity index is 2.14. The van der Waals surface area contributed by atoms with Gasteiger partial charge in [-0.3, -0.25) is 4.98 Å². The second-order valence-corrected chi connectivity index (χ2v) is 4.60. The van der Waals surface area contributed by atoms with E-state index in [0.717, 1.165) is 36.4 Å². The molecule has 0 atom stereocenters. The zero-order valence-corrected chi connectivity index (χ0v) is 11.4. The highest BCUT2D eigenvalue weighted by Gasteiger charge is 2.04. The van der Waals surface area contributed by atoms with Gasteiger partial charge < -0.3 is 10.1 Å². The molecule has 0 saturated heterocycles. The molecule has 4 nitrogen and oxygen atoms in total. The van der Waals surface area contributed by atoms with Crippen LogP contribution in [0.3, 0.4) is 0 Å². The number of benzene rings is 1. The van der Waals surface area contributed by atoms with Crippen molar-refractivity contribution in [3.8, 4) is 0 Å². The van der Waals surface area contributed by atoms with E-state index in [1.165, 1.54) is 0 Å². The molecule has 0 bridgehead atoms. The van der Waals surface area contributed by atoms with Crippen molar-refractivity contribution in [3.05, 3.63) is 28.4 Å². The molecule has 0 fully saturated rings. The number of hydrogen-bond donors (Lipinski definition) is 1. The fourth-order valence-electron chi connectivity index (χ4n) is 1.53. The first-order valence-corrected chi connectivity index (χ1v) is 6.31. The molecule has 1 heterocycles. The summed E-state index contributed by atoms with van der Waals surface area (Å²) in [6.45, 7) is 1.50. The highest BCUT2D eigenvalue weighted by molar-refractivity contribution is 6.42. The van der Waals surface area contributed by atoms with Crippen LogP contribution in [0.4, 0.5) is 5.82 Å². The number of fused-ring (bicyclic) bond motifs is 1. The lowest BCUT2D eigenvalue weighted by Gasteiger charge is -2.06. The summed E-state index contributed by atoms with van der Waals surface area (Å²) in [4.78, 5) is 8.70. The highest BCUT2D eigenvalue weighted by atomic mass is 35.5. The van der Waals surface area contributed by atoms with E-state index in [1.54, 1.807) is 25.4 Å². The minimum absolute atomic E-state index is 0.481. The van der Waals surface area contributed by atoms with Crippen LogP contribution in [-0.4, -0.2) is 30.2 Å². The summed E-state index contributed by atoms with van der Waals surface area (Å²) < 4.78 is 4.97. The lowest BCUT2D eigenvalue weighted by Crippen LogP contribution is -2.06. The molecule has 18 heavy (non-hydrogen) atoms. The molecule has 0 saturated carbocycles. The number of methoxy groups -OCH3 is 1. The third kappa shape index (κ3) is 3.22. The van der Waals surface area contributed by atoms with Gasteiger partial charge in [0.15, 0.2) is 0 Å². The molecule has 1 aromatic heterocycles. The lowest BCUT2D eigenvalue weighted by atomic mass is 10.3. The van der Waals surface area contributed by atoms with Crippen molar-refractivity contribution in [1.82, 2.24) is 9.97 Å². The summed E-state index contributed by atoms with van der Waals surface area (Å²) in [6.07, 6.45) is 2.59. The van der Waals surface area contributed by atoms with Gasteiger partial charge in [-0.25, -0.2) is 4.98 Å². The highest BCUT2D eigenvalue weighted by Crippen LogP contribution is 2.26. The van der Waals surface area contributed by atoms with Crippen LogP contribution in [0.2, 0.25) is 10.0 Å². The second-order valence-electron chi connectivity index (χ2n) is 3.78. The SMILES string of the molecule is COCCCNc1cnc2cc(Cl)c(Cl)cc2n1. The summed E-state index contributed by atoms with van der Waals surface area (Å²) in [7, 11) is 1.68. The van der Waals surface area contributed by atoms with Crippen LogP contribution in [0.15, 0.2) is 18.3 Å². The topological polar surface area (TPSA) is 47.0 Å². The Morgan fingerprint density at radius 3 is 2.67 bits per heavy atom. The van der Waals surface area contributed by atoms with Crippen molar-refractivity contribution in [2.75, 3.05) is 25.6 Å². The molecule has 2 rings (SSSR count). The van der Waals surface area contributed by atoms with E-state index in [9.17, 15) is 0 Å². The number of rotatable bonds is 5. The quantitative estimate of drug-likeness (QED) is 0.856. The Morgan fingerprint density at radius 1 is 1.22 bits per heavy atom. The minimum Gasteiger partial charge on any atom is -0.385 e. The summed E-state index contributed by atoms with van der Waals surface area (Å²) >= 11 is 11.9. The predicted octanol–water partition coefficient (Wildman–Crippen LogP) is 3.39. The van der Waals surface area contributed by atoms with Crippen LogP contribution in [0.1, 0.15) is 6.42 Å². The second kappa shape index (κ2) is 6.18. The fraction of sp³-hybridized carbons (Fsp3) is 0.333. The van der Waals surface area contributed by atoms with Crippen LogP contribution >= 0.6 is 23.2 Å². The summed E-state index contributed by atoms with van der Waals surface area (Å²) in [5, 5.41) is 4.14. The molecule has 1 aromatic carbocycles. The average molecular weight is 286 g/mol. The Morgan fingerprint density at radius 2 is 1.94 bits per heavy atom. The van der Waals surface area contributed by atoms with Gasteiger partial charge in [-0.2, -0.15) is 0 Å². The molecule has 0 unspecified atom stereocenters. The zero-order valence-electron chi connectivity index (χ0n) is 9.91. The third-order valence-electron chi connectivity index (χ3n) is 2.42. The molecule has 0 aliphatic rings. The van der Waals surface area contributed by atoms with Crippen LogP contribution in [-0.2, 0) is 4.74 Å². The van der Waals surface area contributed by atoms with Gasteiger partial charge in [0.25, 0.3) is 0 Å². The molecule has 0 amide bonds. The maximum atomic E-state index is 5.95. The molecule has 0 aliphatic heterocycles. The Kier molecular flexibility index (Phi) is 4.58. The van der Waals surface area contributed by atoms with Gasteiger partial charge in [0.1, 0.15) is 5.82 Å². The van der Waals surface area contributed by atoms with Crippen LogP contribution in [0.25, 0.3) is 11.0 Å². The largest absolute Gasteiger partial charge is 0.385 e. The summed E-state index contributed by atoms with van der Waals surface area (Å²) in [6, 6.07) is 3.42. The Hall–Kier alpha value is -1.10. The number of halogens is 2. The molecule has 1 N–H and O–H groups in total. The first kappa shape index (κ1) is 13.3. The first-order chi connectivity index (χ1) is 8.70. The van der Waals surface area contributed by atoms with Crippen molar-refractivity contribution < 1.29 is 4.74 Å². The summed E-state index contributed by atoms with van der Waals surface area (Å²) in [5.74, 6) is 0.719. The van der Waals surface area contributed by atoms with Crippen LogP contribution < -0.4 is 5.32 Å². The summed E-state index contributed by atoms with van der Waals surface area (Å²) in [5.41, 5.74) is 1.45. The average Bonchev–Trinajstić information content (AvgIpc) is 2.36. The van der Waals surface area contributed by atoms with E-state index in [4.69, 9.17) is 27.9 Å². The van der Waals surface area contributed by atoms with Crippen LogP contribution in [0.5, 0.6) is 0 Å². The fourth-order valence-corrected chi connectivity index (χ4v) is 1.84. The molecule has 6 heteroatoms. The van der Waals surface area contributed by atoms with E-state index in [-0.39, 0.29) is 0 Å². The monoisotopic (exact) mass is 285 g/mol. The molecular weight excluding hydrogens is 273 g/mol. The molecule has 96 valence electrons. The standard InChI is InChI=1S/C12H13Cl2N3O/c1-18-4-2-3-15-12-7-16-10-5-8(13)9(14)6-11(10)17-12/h5-7H,2-4H2,1H3,(H,15,17). The number of hydrogen-bond acceptors (Lipinski definition) is 4. The molecule has 0 aliphatic carbocycles. The van der Waals surface area contributed by atoms with Crippen LogP contribution in [0, 0.1) is 0 Å². The third-order valence-corrected chi connectivity index (χ3v) is 3.14. The normalized spacial score (nSPS) is 10.8. The molecular formula is C12H13Cl2N3O. The van der Waals surface area contributed by atoms with E-state index in [2.05, 4.69) is 15.3 Å². The number of ether oxygens (including phenoxy) is 1. The molecule has 2 aromatic rings. The molecule has 0 spiro atoms. The maximum Gasteiger partial charge on any atom is 0.145 e. The van der Waals surface area contributed by atoms with Crippen molar-refractivity contribution in [2.45, 2.75) is 6.42 Å². The van der Waals surface area contributed by atoms with Gasteiger partial charge in [0.2, 0.25) is 0 Å². The van der Waals surface area contributed by atoms with Crippen molar-refractivity contribution in [1.29, 1.82) is 0 Å². The van der Waals surface area contributed by atoms with E-state index in [0.29, 0.717) is 10.0 Å². The number of anilines is 1.